The van der Waals surface area contributed by atoms with Crippen molar-refractivity contribution in [2.75, 3.05) is 13.2 Å². The van der Waals surface area contributed by atoms with E-state index < -0.39 is 0 Å². The molecule has 0 N–H and O–H groups in total. The quantitative estimate of drug-likeness (QED) is 0.592. The Bertz CT molecular complexity index is 251. The van der Waals surface area contributed by atoms with Crippen LogP contribution >= 0.6 is 0 Å². The lowest BCUT2D eigenvalue weighted by molar-refractivity contribution is 0.00841. The van der Waals surface area contributed by atoms with Crippen LogP contribution in [0, 0.1) is 6.92 Å². The van der Waals surface area contributed by atoms with Gasteiger partial charge in [0.2, 0.25) is 0 Å². The summed E-state index contributed by atoms with van der Waals surface area (Å²) >= 11 is 0. The van der Waals surface area contributed by atoms with Crippen molar-refractivity contribution in [2.24, 2.45) is 0 Å². The fourth-order valence-corrected chi connectivity index (χ4v) is 1.35. The Morgan fingerprint density at radius 1 is 1.36 bits per heavy atom. The number of benzene rings is 1. The van der Waals surface area contributed by atoms with E-state index in [0.29, 0.717) is 5.92 Å². The zero-order valence-corrected chi connectivity index (χ0v) is 6.71. The van der Waals surface area contributed by atoms with Crippen LogP contribution in [0.15, 0.2) is 24.3 Å². The summed E-state index contributed by atoms with van der Waals surface area (Å²) in [6.45, 7) is 3.94. The molecule has 0 spiro atoms. The minimum Gasteiger partial charge on any atom is -0.380 e. The lowest BCUT2D eigenvalue weighted by atomic mass is 9.96. The van der Waals surface area contributed by atoms with Crippen LogP contribution in [0.3, 0.4) is 0 Å². The van der Waals surface area contributed by atoms with Gasteiger partial charge in [-0.25, -0.2) is 0 Å². The van der Waals surface area contributed by atoms with E-state index in [-0.39, 0.29) is 0 Å². The fourth-order valence-electron chi connectivity index (χ4n) is 1.35. The molecule has 2 rings (SSSR count). The first-order valence-corrected chi connectivity index (χ1v) is 4.00. The van der Waals surface area contributed by atoms with Crippen molar-refractivity contribution in [3.63, 3.8) is 0 Å². The molecule has 1 nitrogen and oxygen atoms in total. The lowest BCUT2D eigenvalue weighted by Crippen LogP contribution is -2.24. The second kappa shape index (κ2) is 2.67. The van der Waals surface area contributed by atoms with Gasteiger partial charge in [0.15, 0.2) is 0 Å². The molecule has 1 saturated heterocycles. The summed E-state index contributed by atoms with van der Waals surface area (Å²) in [4.78, 5) is 0. The smallest absolute Gasteiger partial charge is 0.0557 e. The van der Waals surface area contributed by atoms with Crippen molar-refractivity contribution in [3.8, 4) is 0 Å². The molecule has 0 saturated carbocycles. The first-order valence-electron chi connectivity index (χ1n) is 4.00. The van der Waals surface area contributed by atoms with E-state index in [0.717, 1.165) is 13.2 Å². The fraction of sp³-hybridized carbons (Fsp3) is 0.400. The average molecular weight is 148 g/mol. The Labute approximate surface area is 67.0 Å². The maximum absolute atomic E-state index is 5.13. The minimum atomic E-state index is 0.662. The standard InChI is InChI=1S/C10H12O/c1-8-3-2-4-9(5-8)10-6-11-7-10/h2-5,10H,6-7H2,1H3. The number of hydrogen-bond acceptors (Lipinski definition) is 1. The van der Waals surface area contributed by atoms with E-state index in [1.165, 1.54) is 11.1 Å². The van der Waals surface area contributed by atoms with E-state index in [9.17, 15) is 0 Å². The number of rotatable bonds is 1. The summed E-state index contributed by atoms with van der Waals surface area (Å²) in [5.74, 6) is 0.662. The van der Waals surface area contributed by atoms with E-state index in [1.54, 1.807) is 0 Å². The second-order valence-corrected chi connectivity index (χ2v) is 3.15. The molecule has 58 valence electrons. The van der Waals surface area contributed by atoms with Gasteiger partial charge < -0.3 is 4.74 Å². The van der Waals surface area contributed by atoms with Crippen molar-refractivity contribution in [3.05, 3.63) is 35.4 Å². The molecule has 11 heavy (non-hydrogen) atoms. The Hall–Kier alpha value is -0.820. The number of aryl methyl sites for hydroxylation is 1. The van der Waals surface area contributed by atoms with E-state index in [4.69, 9.17) is 4.74 Å². The van der Waals surface area contributed by atoms with Crippen LogP contribution in [-0.4, -0.2) is 13.2 Å². The zero-order chi connectivity index (χ0) is 7.68. The second-order valence-electron chi connectivity index (χ2n) is 3.15. The van der Waals surface area contributed by atoms with Crippen molar-refractivity contribution in [1.82, 2.24) is 0 Å². The molecule has 0 unspecified atom stereocenters. The maximum Gasteiger partial charge on any atom is 0.0557 e. The third-order valence-corrected chi connectivity index (χ3v) is 2.15. The molecule has 1 heteroatoms. The summed E-state index contributed by atoms with van der Waals surface area (Å²) in [5.41, 5.74) is 2.77. The van der Waals surface area contributed by atoms with Crippen molar-refractivity contribution < 1.29 is 4.74 Å². The highest BCUT2D eigenvalue weighted by atomic mass is 16.5. The van der Waals surface area contributed by atoms with Gasteiger partial charge in [-0.1, -0.05) is 29.8 Å². The maximum atomic E-state index is 5.13. The molecule has 0 aliphatic carbocycles. The highest BCUT2D eigenvalue weighted by molar-refractivity contribution is 5.26. The predicted molar refractivity (Wildman–Crippen MR) is 44.7 cm³/mol. The third kappa shape index (κ3) is 1.29. The van der Waals surface area contributed by atoms with Gasteiger partial charge in [-0.2, -0.15) is 0 Å². The topological polar surface area (TPSA) is 9.23 Å². The van der Waals surface area contributed by atoms with Gasteiger partial charge in [0, 0.05) is 5.92 Å². The van der Waals surface area contributed by atoms with Gasteiger partial charge in [-0.15, -0.1) is 0 Å². The largest absolute Gasteiger partial charge is 0.380 e. The minimum absolute atomic E-state index is 0.662. The molecule has 0 bridgehead atoms. The van der Waals surface area contributed by atoms with Gasteiger partial charge in [-0.05, 0) is 12.5 Å². The molecule has 1 fully saturated rings. The first-order chi connectivity index (χ1) is 5.36. The Morgan fingerprint density at radius 3 is 2.73 bits per heavy atom. The van der Waals surface area contributed by atoms with Crippen LogP contribution < -0.4 is 0 Å². The molecule has 1 aliphatic rings. The molecule has 1 aromatic rings. The van der Waals surface area contributed by atoms with Gasteiger partial charge in [0.05, 0.1) is 13.2 Å². The van der Waals surface area contributed by atoms with Crippen molar-refractivity contribution in [1.29, 1.82) is 0 Å². The lowest BCUT2D eigenvalue weighted by Gasteiger charge is -2.26. The Balaban J connectivity index is 2.23. The predicted octanol–water partition coefficient (Wildman–Crippen LogP) is 2.11. The van der Waals surface area contributed by atoms with Crippen molar-refractivity contribution in [2.45, 2.75) is 12.8 Å². The van der Waals surface area contributed by atoms with Crippen LogP contribution in [0.1, 0.15) is 17.0 Å². The molecular weight excluding hydrogens is 136 g/mol. The summed E-state index contributed by atoms with van der Waals surface area (Å²) in [6.07, 6.45) is 0. The summed E-state index contributed by atoms with van der Waals surface area (Å²) in [7, 11) is 0. The van der Waals surface area contributed by atoms with E-state index >= 15 is 0 Å². The Morgan fingerprint density at radius 2 is 2.18 bits per heavy atom. The zero-order valence-electron chi connectivity index (χ0n) is 6.71. The van der Waals surface area contributed by atoms with Crippen LogP contribution in [0.25, 0.3) is 0 Å². The molecule has 0 radical (unpaired) electrons. The van der Waals surface area contributed by atoms with Gasteiger partial charge in [0.1, 0.15) is 0 Å². The number of ether oxygens (including phenoxy) is 1. The molecule has 0 aromatic heterocycles. The highest BCUT2D eigenvalue weighted by Gasteiger charge is 2.19. The van der Waals surface area contributed by atoms with Crippen LogP contribution in [0.5, 0.6) is 0 Å². The third-order valence-electron chi connectivity index (χ3n) is 2.15. The number of hydrogen-bond donors (Lipinski definition) is 0. The van der Waals surface area contributed by atoms with Gasteiger partial charge in [-0.3, -0.25) is 0 Å². The summed E-state index contributed by atoms with van der Waals surface area (Å²) < 4.78 is 5.13. The normalized spacial score (nSPS) is 17.9. The van der Waals surface area contributed by atoms with E-state index in [1.807, 2.05) is 0 Å². The monoisotopic (exact) mass is 148 g/mol. The highest BCUT2D eigenvalue weighted by Crippen LogP contribution is 2.23. The van der Waals surface area contributed by atoms with Gasteiger partial charge >= 0.3 is 0 Å². The van der Waals surface area contributed by atoms with Crippen LogP contribution in [0.4, 0.5) is 0 Å². The molecule has 1 heterocycles. The molecule has 1 aliphatic heterocycles. The van der Waals surface area contributed by atoms with Crippen molar-refractivity contribution >= 4 is 0 Å². The average Bonchev–Trinajstić information content (AvgIpc) is 1.83. The first kappa shape index (κ1) is 6.86. The summed E-state index contributed by atoms with van der Waals surface area (Å²) in [5, 5.41) is 0. The van der Waals surface area contributed by atoms with Crippen LogP contribution in [0.2, 0.25) is 0 Å². The van der Waals surface area contributed by atoms with Crippen LogP contribution in [-0.2, 0) is 4.74 Å². The molecular formula is C10H12O. The van der Waals surface area contributed by atoms with Gasteiger partial charge in [0.25, 0.3) is 0 Å². The summed E-state index contributed by atoms with van der Waals surface area (Å²) in [6, 6.07) is 8.67. The molecule has 0 amide bonds. The Kier molecular flexibility index (Phi) is 1.66. The SMILES string of the molecule is Cc1cccc(C2COC2)c1. The molecule has 1 aromatic carbocycles. The molecule has 0 atom stereocenters. The van der Waals surface area contributed by atoms with E-state index in [2.05, 4.69) is 31.2 Å².